The number of Topliss-reactive ketones (excluding diaryl/α,β-unsaturated/α-hetero) is 1. The van der Waals surface area contributed by atoms with Gasteiger partial charge in [-0.2, -0.15) is 0 Å². The Morgan fingerprint density at radius 3 is 2.69 bits per heavy atom. The van der Waals surface area contributed by atoms with Crippen LogP contribution in [0.3, 0.4) is 0 Å². The maximum atomic E-state index is 11.9. The van der Waals surface area contributed by atoms with Crippen LogP contribution >= 0.6 is 0 Å². The summed E-state index contributed by atoms with van der Waals surface area (Å²) in [6.07, 6.45) is 6.45. The summed E-state index contributed by atoms with van der Waals surface area (Å²) in [4.78, 5) is 11.9. The number of carbonyl (C=O) groups is 1. The van der Waals surface area contributed by atoms with Gasteiger partial charge >= 0.3 is 0 Å². The van der Waals surface area contributed by atoms with Gasteiger partial charge in [-0.15, -0.1) is 0 Å². The zero-order valence-electron chi connectivity index (χ0n) is 7.71. The highest BCUT2D eigenvalue weighted by Crippen LogP contribution is 2.31. The largest absolute Gasteiger partial charge is 0.490 e. The first kappa shape index (κ1) is 8.75. The molecule has 0 bridgehead atoms. The quantitative estimate of drug-likeness (QED) is 0.694. The Hall–Kier alpha value is -0.830. The highest BCUT2D eigenvalue weighted by molar-refractivity contribution is 6.01. The molecule has 0 atom stereocenters. The molecule has 0 saturated heterocycles. The summed E-state index contributed by atoms with van der Waals surface area (Å²) in [6.45, 7) is 0.636. The minimum absolute atomic E-state index is 0.0162. The second-order valence-electron chi connectivity index (χ2n) is 3.90. The third-order valence-electron chi connectivity index (χ3n) is 2.88. The second-order valence-corrected chi connectivity index (χ2v) is 3.90. The first-order chi connectivity index (χ1) is 6.22. The predicted octanol–water partition coefficient (Wildman–Crippen LogP) is 1.13. The lowest BCUT2D eigenvalue weighted by molar-refractivity contribution is -0.123. The Morgan fingerprint density at radius 1 is 1.46 bits per heavy atom. The molecule has 0 unspecified atom stereocenters. The van der Waals surface area contributed by atoms with Crippen LogP contribution in [0.25, 0.3) is 0 Å². The van der Waals surface area contributed by atoms with Crippen LogP contribution in [0.5, 0.6) is 0 Å². The molecule has 0 radical (unpaired) electrons. The SMILES string of the molecule is NC1(C(=O)C2=CCCO2)CCCC1. The molecule has 0 aromatic heterocycles. The first-order valence-corrected chi connectivity index (χ1v) is 4.89. The van der Waals surface area contributed by atoms with Crippen LogP contribution in [-0.2, 0) is 9.53 Å². The average Bonchev–Trinajstić information content (AvgIpc) is 2.73. The summed E-state index contributed by atoms with van der Waals surface area (Å²) >= 11 is 0. The monoisotopic (exact) mass is 181 g/mol. The molecule has 1 saturated carbocycles. The van der Waals surface area contributed by atoms with Gasteiger partial charge in [-0.25, -0.2) is 0 Å². The van der Waals surface area contributed by atoms with E-state index in [4.69, 9.17) is 10.5 Å². The molecule has 1 aliphatic heterocycles. The molecule has 0 amide bonds. The summed E-state index contributed by atoms with van der Waals surface area (Å²) in [5.41, 5.74) is 5.40. The molecule has 0 spiro atoms. The van der Waals surface area contributed by atoms with E-state index in [9.17, 15) is 4.79 Å². The van der Waals surface area contributed by atoms with Gasteiger partial charge in [0.1, 0.15) is 0 Å². The van der Waals surface area contributed by atoms with E-state index < -0.39 is 5.54 Å². The van der Waals surface area contributed by atoms with Crippen LogP contribution < -0.4 is 5.73 Å². The van der Waals surface area contributed by atoms with Crippen molar-refractivity contribution in [1.82, 2.24) is 0 Å². The summed E-state index contributed by atoms with van der Waals surface area (Å²) < 4.78 is 5.22. The number of ketones is 1. The van der Waals surface area contributed by atoms with Crippen LogP contribution in [0.2, 0.25) is 0 Å². The molecule has 0 aromatic rings. The van der Waals surface area contributed by atoms with Crippen LogP contribution in [0.15, 0.2) is 11.8 Å². The fourth-order valence-corrected chi connectivity index (χ4v) is 2.05. The average molecular weight is 181 g/mol. The molecule has 2 N–H and O–H groups in total. The Morgan fingerprint density at radius 2 is 2.15 bits per heavy atom. The number of ether oxygens (including phenoxy) is 1. The van der Waals surface area contributed by atoms with Gasteiger partial charge in [0, 0.05) is 6.42 Å². The lowest BCUT2D eigenvalue weighted by atomic mass is 9.92. The van der Waals surface area contributed by atoms with E-state index in [0.717, 1.165) is 32.1 Å². The summed E-state index contributed by atoms with van der Waals surface area (Å²) in [5, 5.41) is 0. The molecule has 1 aliphatic carbocycles. The highest BCUT2D eigenvalue weighted by Gasteiger charge is 2.39. The molecule has 2 aliphatic rings. The van der Waals surface area contributed by atoms with Gasteiger partial charge in [-0.1, -0.05) is 12.8 Å². The third kappa shape index (κ3) is 1.48. The van der Waals surface area contributed by atoms with Crippen molar-refractivity contribution >= 4 is 5.78 Å². The molecule has 1 heterocycles. The standard InChI is InChI=1S/C10H15NO2/c11-10(5-1-2-6-10)9(12)8-4-3-7-13-8/h4H,1-3,5-7,11H2. The van der Waals surface area contributed by atoms with Gasteiger partial charge < -0.3 is 10.5 Å². The van der Waals surface area contributed by atoms with Crippen molar-refractivity contribution in [3.05, 3.63) is 11.8 Å². The topological polar surface area (TPSA) is 52.3 Å². The van der Waals surface area contributed by atoms with Gasteiger partial charge in [0.25, 0.3) is 0 Å². The number of hydrogen-bond acceptors (Lipinski definition) is 3. The van der Waals surface area contributed by atoms with E-state index in [1.54, 1.807) is 0 Å². The molecular formula is C10H15NO2. The summed E-state index contributed by atoms with van der Waals surface area (Å²) in [5.74, 6) is 0.520. The number of nitrogens with two attached hydrogens (primary N) is 1. The Kier molecular flexibility index (Phi) is 2.12. The Bertz CT molecular complexity index is 252. The maximum Gasteiger partial charge on any atom is 0.216 e. The minimum atomic E-state index is -0.615. The molecule has 72 valence electrons. The molecule has 2 rings (SSSR count). The van der Waals surface area contributed by atoms with E-state index in [1.807, 2.05) is 6.08 Å². The van der Waals surface area contributed by atoms with Gasteiger partial charge in [-0.3, -0.25) is 4.79 Å². The van der Waals surface area contributed by atoms with Crippen LogP contribution in [0.4, 0.5) is 0 Å². The van der Waals surface area contributed by atoms with Crippen molar-refractivity contribution in [3.8, 4) is 0 Å². The van der Waals surface area contributed by atoms with Crippen molar-refractivity contribution in [1.29, 1.82) is 0 Å². The van der Waals surface area contributed by atoms with Crippen molar-refractivity contribution in [2.75, 3.05) is 6.61 Å². The van der Waals surface area contributed by atoms with Gasteiger partial charge in [0.2, 0.25) is 5.78 Å². The van der Waals surface area contributed by atoms with Crippen molar-refractivity contribution in [2.24, 2.45) is 5.73 Å². The fraction of sp³-hybridized carbons (Fsp3) is 0.700. The van der Waals surface area contributed by atoms with E-state index >= 15 is 0 Å². The van der Waals surface area contributed by atoms with E-state index in [2.05, 4.69) is 0 Å². The Balaban J connectivity index is 2.11. The zero-order chi connectivity index (χ0) is 9.31. The molecular weight excluding hydrogens is 166 g/mol. The molecule has 0 aromatic carbocycles. The van der Waals surface area contributed by atoms with Crippen LogP contribution in [0.1, 0.15) is 32.1 Å². The number of hydrogen-bond donors (Lipinski definition) is 1. The van der Waals surface area contributed by atoms with Gasteiger partial charge in [0.05, 0.1) is 12.1 Å². The normalized spacial score (nSPS) is 25.5. The van der Waals surface area contributed by atoms with Crippen LogP contribution in [0, 0.1) is 0 Å². The zero-order valence-corrected chi connectivity index (χ0v) is 7.71. The third-order valence-corrected chi connectivity index (χ3v) is 2.88. The number of rotatable bonds is 2. The van der Waals surface area contributed by atoms with E-state index in [-0.39, 0.29) is 5.78 Å². The second kappa shape index (κ2) is 3.14. The molecule has 1 fully saturated rings. The molecule has 3 heteroatoms. The van der Waals surface area contributed by atoms with E-state index in [1.165, 1.54) is 0 Å². The van der Waals surface area contributed by atoms with Crippen molar-refractivity contribution in [2.45, 2.75) is 37.6 Å². The first-order valence-electron chi connectivity index (χ1n) is 4.89. The number of carbonyl (C=O) groups excluding carboxylic acids is 1. The highest BCUT2D eigenvalue weighted by atomic mass is 16.5. The van der Waals surface area contributed by atoms with Gasteiger partial charge in [-0.05, 0) is 18.9 Å². The summed E-state index contributed by atoms with van der Waals surface area (Å²) in [6, 6.07) is 0. The maximum absolute atomic E-state index is 11.9. The summed E-state index contributed by atoms with van der Waals surface area (Å²) in [7, 11) is 0. The van der Waals surface area contributed by atoms with Crippen molar-refractivity contribution in [3.63, 3.8) is 0 Å². The fourth-order valence-electron chi connectivity index (χ4n) is 2.05. The van der Waals surface area contributed by atoms with Crippen molar-refractivity contribution < 1.29 is 9.53 Å². The lowest BCUT2D eigenvalue weighted by Crippen LogP contribution is -2.46. The predicted molar refractivity (Wildman–Crippen MR) is 49.0 cm³/mol. The molecule has 3 nitrogen and oxygen atoms in total. The van der Waals surface area contributed by atoms with Gasteiger partial charge in [0.15, 0.2) is 5.76 Å². The lowest BCUT2D eigenvalue weighted by Gasteiger charge is -2.21. The Labute approximate surface area is 77.9 Å². The minimum Gasteiger partial charge on any atom is -0.490 e. The van der Waals surface area contributed by atoms with E-state index in [0.29, 0.717) is 12.4 Å². The van der Waals surface area contributed by atoms with Crippen LogP contribution in [-0.4, -0.2) is 17.9 Å². The smallest absolute Gasteiger partial charge is 0.216 e. The molecule has 13 heavy (non-hydrogen) atoms.